The maximum absolute atomic E-state index is 12.1. The minimum absolute atomic E-state index is 0.0834. The Hall–Kier alpha value is -1.35. The first-order valence-electron chi connectivity index (χ1n) is 6.74. The summed E-state index contributed by atoms with van der Waals surface area (Å²) in [4.78, 5) is 12.1. The molecule has 98 valence electrons. The largest absolute Gasteiger partial charge is 0.349 e. The summed E-state index contributed by atoms with van der Waals surface area (Å²) in [6, 6.07) is 8.42. The van der Waals surface area contributed by atoms with Crippen LogP contribution >= 0.6 is 0 Å². The maximum Gasteiger partial charge on any atom is 0.224 e. The first kappa shape index (κ1) is 13.1. The Morgan fingerprint density at radius 2 is 2.11 bits per heavy atom. The molecule has 0 spiro atoms. The van der Waals surface area contributed by atoms with Gasteiger partial charge in [0, 0.05) is 6.54 Å². The molecule has 1 aliphatic heterocycles. The van der Waals surface area contributed by atoms with Crippen LogP contribution in [-0.2, 0) is 4.79 Å². The average molecular weight is 246 g/mol. The van der Waals surface area contributed by atoms with E-state index in [2.05, 4.69) is 41.8 Å². The van der Waals surface area contributed by atoms with Crippen LogP contribution in [0.15, 0.2) is 24.3 Å². The summed E-state index contributed by atoms with van der Waals surface area (Å²) in [6.07, 6.45) is 2.09. The number of amides is 1. The number of hydrogen-bond donors (Lipinski definition) is 2. The predicted octanol–water partition coefficient (Wildman–Crippen LogP) is 2.17. The van der Waals surface area contributed by atoms with Crippen molar-refractivity contribution in [2.45, 2.75) is 32.7 Å². The molecule has 1 amide bonds. The second kappa shape index (κ2) is 6.01. The summed E-state index contributed by atoms with van der Waals surface area (Å²) in [7, 11) is 0. The van der Waals surface area contributed by atoms with Crippen LogP contribution in [0.3, 0.4) is 0 Å². The Labute approximate surface area is 109 Å². The smallest absolute Gasteiger partial charge is 0.224 e. The van der Waals surface area contributed by atoms with Crippen LogP contribution in [0.1, 0.15) is 36.9 Å². The molecule has 0 aliphatic carbocycles. The zero-order chi connectivity index (χ0) is 13.0. The third-order valence-corrected chi connectivity index (χ3v) is 3.60. The lowest BCUT2D eigenvalue weighted by atomic mass is 9.98. The monoisotopic (exact) mass is 246 g/mol. The number of piperidine rings is 1. The van der Waals surface area contributed by atoms with Gasteiger partial charge in [-0.25, -0.2) is 0 Å². The van der Waals surface area contributed by atoms with Gasteiger partial charge in [0.15, 0.2) is 0 Å². The van der Waals surface area contributed by atoms with Crippen LogP contribution in [0.25, 0.3) is 0 Å². The Kier molecular flexibility index (Phi) is 4.37. The van der Waals surface area contributed by atoms with Crippen molar-refractivity contribution in [2.75, 3.05) is 13.1 Å². The fourth-order valence-electron chi connectivity index (χ4n) is 2.35. The normalized spacial score (nSPS) is 21.3. The van der Waals surface area contributed by atoms with E-state index in [1.165, 1.54) is 5.56 Å². The molecule has 0 aromatic heterocycles. The summed E-state index contributed by atoms with van der Waals surface area (Å²) in [6.45, 7) is 5.96. The van der Waals surface area contributed by atoms with Gasteiger partial charge in [0.2, 0.25) is 5.91 Å². The standard InChI is InChI=1S/C15H22N2O/c1-11-5-7-13(8-6-11)12(2)17-15(18)14-4-3-9-16-10-14/h5-8,12,14,16H,3-4,9-10H2,1-2H3,(H,17,18)/t12-,14?/m1/s1. The zero-order valence-corrected chi connectivity index (χ0v) is 11.2. The first-order chi connectivity index (χ1) is 8.66. The van der Waals surface area contributed by atoms with Crippen molar-refractivity contribution in [1.29, 1.82) is 0 Å². The quantitative estimate of drug-likeness (QED) is 0.858. The summed E-state index contributed by atoms with van der Waals surface area (Å²) in [5.74, 6) is 0.307. The molecule has 1 fully saturated rings. The Morgan fingerprint density at radius 1 is 1.39 bits per heavy atom. The van der Waals surface area contributed by atoms with Crippen LogP contribution in [0.5, 0.6) is 0 Å². The molecule has 2 rings (SSSR count). The van der Waals surface area contributed by atoms with Crippen molar-refractivity contribution < 1.29 is 4.79 Å². The van der Waals surface area contributed by atoms with Crippen molar-refractivity contribution in [3.05, 3.63) is 35.4 Å². The van der Waals surface area contributed by atoms with Gasteiger partial charge in [-0.1, -0.05) is 29.8 Å². The molecule has 0 bridgehead atoms. The molecule has 3 heteroatoms. The molecule has 3 nitrogen and oxygen atoms in total. The van der Waals surface area contributed by atoms with E-state index >= 15 is 0 Å². The second-order valence-electron chi connectivity index (χ2n) is 5.18. The van der Waals surface area contributed by atoms with E-state index in [-0.39, 0.29) is 17.9 Å². The van der Waals surface area contributed by atoms with Crippen molar-refractivity contribution >= 4 is 5.91 Å². The molecule has 2 atom stereocenters. The van der Waals surface area contributed by atoms with E-state index in [9.17, 15) is 4.79 Å². The highest BCUT2D eigenvalue weighted by atomic mass is 16.1. The van der Waals surface area contributed by atoms with Gasteiger partial charge >= 0.3 is 0 Å². The van der Waals surface area contributed by atoms with Gasteiger partial charge in [0.05, 0.1) is 12.0 Å². The number of rotatable bonds is 3. The van der Waals surface area contributed by atoms with Gasteiger partial charge < -0.3 is 10.6 Å². The SMILES string of the molecule is Cc1ccc([C@@H](C)NC(=O)C2CCCNC2)cc1. The molecular formula is C15H22N2O. The summed E-state index contributed by atoms with van der Waals surface area (Å²) >= 11 is 0. The molecular weight excluding hydrogens is 224 g/mol. The van der Waals surface area contributed by atoms with Gasteiger partial charge in [0.25, 0.3) is 0 Å². The maximum atomic E-state index is 12.1. The van der Waals surface area contributed by atoms with Gasteiger partial charge in [-0.05, 0) is 38.8 Å². The summed E-state index contributed by atoms with van der Waals surface area (Å²) in [5, 5.41) is 6.38. The molecule has 1 saturated heterocycles. The number of nitrogens with one attached hydrogen (secondary N) is 2. The van der Waals surface area contributed by atoms with E-state index in [4.69, 9.17) is 0 Å². The molecule has 1 aromatic rings. The highest BCUT2D eigenvalue weighted by molar-refractivity contribution is 5.79. The molecule has 1 heterocycles. The van der Waals surface area contributed by atoms with Crippen LogP contribution in [0, 0.1) is 12.8 Å². The minimum Gasteiger partial charge on any atom is -0.349 e. The van der Waals surface area contributed by atoms with Crippen molar-refractivity contribution in [2.24, 2.45) is 5.92 Å². The van der Waals surface area contributed by atoms with E-state index in [1.807, 2.05) is 6.92 Å². The molecule has 0 radical (unpaired) electrons. The van der Waals surface area contributed by atoms with Crippen LogP contribution in [0.4, 0.5) is 0 Å². The fourth-order valence-corrected chi connectivity index (χ4v) is 2.35. The van der Waals surface area contributed by atoms with Crippen molar-refractivity contribution in [3.8, 4) is 0 Å². The Morgan fingerprint density at radius 3 is 2.72 bits per heavy atom. The zero-order valence-electron chi connectivity index (χ0n) is 11.2. The Balaban J connectivity index is 1.91. The Bertz CT molecular complexity index is 393. The highest BCUT2D eigenvalue weighted by Gasteiger charge is 2.22. The molecule has 2 N–H and O–H groups in total. The minimum atomic E-state index is 0.0834. The topological polar surface area (TPSA) is 41.1 Å². The third kappa shape index (κ3) is 3.33. The van der Waals surface area contributed by atoms with E-state index in [0.29, 0.717) is 0 Å². The second-order valence-corrected chi connectivity index (χ2v) is 5.18. The third-order valence-electron chi connectivity index (χ3n) is 3.60. The van der Waals surface area contributed by atoms with Crippen LogP contribution < -0.4 is 10.6 Å². The lowest BCUT2D eigenvalue weighted by Gasteiger charge is -2.24. The van der Waals surface area contributed by atoms with Crippen molar-refractivity contribution in [3.63, 3.8) is 0 Å². The molecule has 1 aliphatic rings. The number of hydrogen-bond acceptors (Lipinski definition) is 2. The molecule has 1 unspecified atom stereocenters. The van der Waals surface area contributed by atoms with Crippen molar-refractivity contribution in [1.82, 2.24) is 10.6 Å². The molecule has 18 heavy (non-hydrogen) atoms. The van der Waals surface area contributed by atoms with E-state index in [0.717, 1.165) is 31.5 Å². The number of benzene rings is 1. The molecule has 1 aromatic carbocycles. The summed E-state index contributed by atoms with van der Waals surface area (Å²) < 4.78 is 0. The lowest BCUT2D eigenvalue weighted by molar-refractivity contribution is -0.126. The highest BCUT2D eigenvalue weighted by Crippen LogP contribution is 2.16. The summed E-state index contributed by atoms with van der Waals surface area (Å²) in [5.41, 5.74) is 2.41. The van der Waals surface area contributed by atoms with E-state index in [1.54, 1.807) is 0 Å². The number of aryl methyl sites for hydroxylation is 1. The first-order valence-corrected chi connectivity index (χ1v) is 6.74. The average Bonchev–Trinajstić information content (AvgIpc) is 2.40. The van der Waals surface area contributed by atoms with Gasteiger partial charge in [-0.3, -0.25) is 4.79 Å². The van der Waals surface area contributed by atoms with E-state index < -0.39 is 0 Å². The predicted molar refractivity (Wildman–Crippen MR) is 73.3 cm³/mol. The van der Waals surface area contributed by atoms with Gasteiger partial charge in [-0.2, -0.15) is 0 Å². The van der Waals surface area contributed by atoms with Gasteiger partial charge in [-0.15, -0.1) is 0 Å². The fraction of sp³-hybridized carbons (Fsp3) is 0.533. The van der Waals surface area contributed by atoms with Crippen LogP contribution in [-0.4, -0.2) is 19.0 Å². The van der Waals surface area contributed by atoms with Crippen LogP contribution in [0.2, 0.25) is 0 Å². The number of carbonyl (C=O) groups is 1. The lowest BCUT2D eigenvalue weighted by Crippen LogP contribution is -2.41. The molecule has 0 saturated carbocycles. The number of carbonyl (C=O) groups excluding carboxylic acids is 1. The van der Waals surface area contributed by atoms with Gasteiger partial charge in [0.1, 0.15) is 0 Å².